The lowest BCUT2D eigenvalue weighted by molar-refractivity contribution is -0.144. The number of aliphatic carboxylic acids is 3. The van der Waals surface area contributed by atoms with Gasteiger partial charge in [-0.1, -0.05) is 97.8 Å². The molecule has 0 aromatic heterocycles. The van der Waals surface area contributed by atoms with Crippen molar-refractivity contribution in [1.82, 2.24) is 68.7 Å². The number of carboxylic acid groups (broad SMARTS) is 3. The Morgan fingerprint density at radius 3 is 1.34 bits per heavy atom. The summed E-state index contributed by atoms with van der Waals surface area (Å²) in [5, 5.41) is 89.9. The zero-order valence-electron chi connectivity index (χ0n) is 70.9. The minimum absolute atomic E-state index is 0.0607. The summed E-state index contributed by atoms with van der Waals surface area (Å²) in [6, 6.07) is 8.19. The number of nitrogens with two attached hydrogens (primary N) is 3. The zero-order chi connectivity index (χ0) is 94.2. The number of primary amides is 2. The van der Waals surface area contributed by atoms with Gasteiger partial charge in [0.15, 0.2) is 0 Å². The van der Waals surface area contributed by atoms with E-state index in [9.17, 15) is 117 Å². The van der Waals surface area contributed by atoms with Crippen LogP contribution < -0.4 is 81.0 Å². The highest BCUT2D eigenvalue weighted by Gasteiger charge is 2.43. The number of aliphatic hydroxyl groups is 1. The van der Waals surface area contributed by atoms with Gasteiger partial charge in [0.25, 0.3) is 0 Å². The molecule has 42 nitrogen and oxygen atoms in total. The minimum Gasteiger partial charge on any atom is -0.508 e. The van der Waals surface area contributed by atoms with E-state index in [1.54, 1.807) is 60.7 Å². The van der Waals surface area contributed by atoms with Crippen molar-refractivity contribution < 1.29 is 126 Å². The fourth-order valence-corrected chi connectivity index (χ4v) is 13.5. The molecule has 0 bridgehead atoms. The molecule has 0 spiro atoms. The minimum atomic E-state index is -1.98. The third-order valence-corrected chi connectivity index (χ3v) is 20.4. The topological polar surface area (TPSA) is 673 Å². The number of phenols is 2. The summed E-state index contributed by atoms with van der Waals surface area (Å²) in [4.78, 5) is 246. The highest BCUT2D eigenvalue weighted by molar-refractivity contribution is 6.17. The molecule has 0 unspecified atom stereocenters. The van der Waals surface area contributed by atoms with Gasteiger partial charge < -0.3 is 126 Å². The number of alkyl halides is 1. The van der Waals surface area contributed by atoms with Crippen molar-refractivity contribution in [2.24, 2.45) is 17.2 Å². The first-order chi connectivity index (χ1) is 61.0. The van der Waals surface area contributed by atoms with E-state index in [0.717, 1.165) is 37.5 Å². The number of benzene rings is 4. The smallest absolute Gasteiger partial charge is 0.326 e. The monoisotopic (exact) mass is 1810 g/mol. The maximum absolute atomic E-state index is 14.9. The fraction of sp³-hybridized carbons (Fsp3) is 0.506. The fourth-order valence-electron chi connectivity index (χ4n) is 13.3. The predicted octanol–water partition coefficient (Wildman–Crippen LogP) is -2.87. The quantitative estimate of drug-likeness (QED) is 0.0156. The summed E-state index contributed by atoms with van der Waals surface area (Å²) in [6.45, 7) is 1.46. The van der Waals surface area contributed by atoms with E-state index in [0.29, 0.717) is 42.2 Å². The molecule has 4 aromatic rings. The van der Waals surface area contributed by atoms with Gasteiger partial charge >= 0.3 is 17.9 Å². The summed E-state index contributed by atoms with van der Waals surface area (Å²) >= 11 is 5.69. The number of ether oxygens (including phenoxy) is 2. The van der Waals surface area contributed by atoms with E-state index in [1.807, 2.05) is 0 Å². The number of aliphatic hydroxyl groups excluding tert-OH is 1. The van der Waals surface area contributed by atoms with Crippen LogP contribution in [0.1, 0.15) is 138 Å². The van der Waals surface area contributed by atoms with Crippen LogP contribution in [0.4, 0.5) is 0 Å². The SMILES string of the molecule is C[C@@H](O)[C@H](NC(=O)[C@@H]1CCCN1C(=O)[C@H](CC(N)=O)NC(=O)[C@H](CCC(=O)O)NC(=O)[C@H](Cc1ccc(O)cc1)NC(=O)CNC(=O)[C@H](CC(N)=O)NC(=O)CCC(=O)NCCOCCOCCCCCCCl)C(=O)N[C@@H](Cc1ccc(O)cc1)C(=O)N[C@@H](CCCCN)C(=O)N[C@@H](Cc1ccccc1)C(=O)N[C@@H](Cc1ccccc1)C(=O)N[C@@H](CCC(=O)O)C(=O)O. The molecule has 43 heteroatoms. The van der Waals surface area contributed by atoms with Crippen LogP contribution in [0, 0.1) is 0 Å². The summed E-state index contributed by atoms with van der Waals surface area (Å²) in [5.41, 5.74) is 18.4. The van der Waals surface area contributed by atoms with Gasteiger partial charge in [-0.3, -0.25) is 81.5 Å². The number of phenolic OH excluding ortho intramolecular Hbond substituents is 2. The van der Waals surface area contributed by atoms with Crippen LogP contribution in [-0.4, -0.2) is 273 Å². The Bertz CT molecular complexity index is 4370. The summed E-state index contributed by atoms with van der Waals surface area (Å²) < 4.78 is 11.0. The Balaban J connectivity index is 1.32. The van der Waals surface area contributed by atoms with Gasteiger partial charge in [0.1, 0.15) is 78.0 Å². The molecule has 5 rings (SSSR count). The number of carbonyl (C=O) groups excluding carboxylic acids is 15. The average molecular weight is 1810 g/mol. The number of hydrogen-bond donors (Lipinski definition) is 21. The Hall–Kier alpha value is -12.9. The molecule has 1 aliphatic heterocycles. The summed E-state index contributed by atoms with van der Waals surface area (Å²) in [5.74, 6) is -20.0. The van der Waals surface area contributed by atoms with Gasteiger partial charge in [-0.05, 0) is 118 Å². The van der Waals surface area contributed by atoms with Crippen LogP contribution in [0.25, 0.3) is 0 Å². The predicted molar refractivity (Wildman–Crippen MR) is 458 cm³/mol. The van der Waals surface area contributed by atoms with Crippen molar-refractivity contribution in [2.45, 2.75) is 214 Å². The molecule has 0 aliphatic carbocycles. The number of aromatic hydroxyl groups is 2. The van der Waals surface area contributed by atoms with Crippen molar-refractivity contribution in [2.75, 3.05) is 58.5 Å². The number of amides is 15. The average Bonchev–Trinajstić information content (AvgIpc) is 1.64. The second-order valence-electron chi connectivity index (χ2n) is 30.4. The molecule has 1 saturated heterocycles. The van der Waals surface area contributed by atoms with Crippen LogP contribution in [-0.2, 0) is 121 Å². The molecule has 0 radical (unpaired) electrons. The lowest BCUT2D eigenvalue weighted by atomic mass is 10.0. The largest absolute Gasteiger partial charge is 0.508 e. The van der Waals surface area contributed by atoms with Gasteiger partial charge in [-0.2, -0.15) is 0 Å². The van der Waals surface area contributed by atoms with Crippen molar-refractivity contribution in [1.29, 1.82) is 0 Å². The molecule has 1 heterocycles. The normalized spacial score (nSPS) is 14.8. The third kappa shape index (κ3) is 40.2. The number of rotatable bonds is 61. The lowest BCUT2D eigenvalue weighted by Gasteiger charge is -2.31. The van der Waals surface area contributed by atoms with Gasteiger partial charge in [0.05, 0.1) is 45.3 Å². The van der Waals surface area contributed by atoms with Crippen LogP contribution in [0.3, 0.4) is 0 Å². The Morgan fingerprint density at radius 1 is 0.430 bits per heavy atom. The number of hydrogen-bond acceptors (Lipinski definition) is 24. The molecule has 4 aromatic carbocycles. The maximum atomic E-state index is 14.9. The van der Waals surface area contributed by atoms with E-state index < -0.39 is 243 Å². The van der Waals surface area contributed by atoms with Gasteiger partial charge in [0.2, 0.25) is 88.6 Å². The summed E-state index contributed by atoms with van der Waals surface area (Å²) in [6.07, 6.45) is -4.28. The first-order valence-electron chi connectivity index (χ1n) is 41.9. The lowest BCUT2D eigenvalue weighted by Crippen LogP contribution is -2.62. The Kier molecular flexibility index (Phi) is 47.0. The number of nitrogens with one attached hydrogen (secondary N) is 12. The molecule has 24 N–H and O–H groups in total. The Morgan fingerprint density at radius 2 is 0.852 bits per heavy atom. The molecule has 1 aliphatic rings. The van der Waals surface area contributed by atoms with Gasteiger partial charge in [0, 0.05) is 76.9 Å². The van der Waals surface area contributed by atoms with Crippen molar-refractivity contribution in [3.05, 3.63) is 131 Å². The molecular weight excluding hydrogens is 1700 g/mol. The van der Waals surface area contributed by atoms with E-state index >= 15 is 0 Å². The molecule has 700 valence electrons. The third-order valence-electron chi connectivity index (χ3n) is 20.1. The van der Waals surface area contributed by atoms with Crippen LogP contribution in [0.15, 0.2) is 109 Å². The second-order valence-corrected chi connectivity index (χ2v) is 30.8. The van der Waals surface area contributed by atoms with Gasteiger partial charge in [-0.25, -0.2) is 4.79 Å². The molecule has 128 heavy (non-hydrogen) atoms. The molecule has 12 atom stereocenters. The summed E-state index contributed by atoms with van der Waals surface area (Å²) in [7, 11) is 0. The number of nitrogens with zero attached hydrogens (tertiary/aromatic N) is 1. The number of unbranched alkanes of at least 4 members (excludes halogenated alkanes) is 4. The van der Waals surface area contributed by atoms with Crippen molar-refractivity contribution >= 4 is 118 Å². The van der Waals surface area contributed by atoms with Gasteiger partial charge in [-0.15, -0.1) is 11.6 Å². The van der Waals surface area contributed by atoms with Crippen molar-refractivity contribution in [3.63, 3.8) is 0 Å². The highest BCUT2D eigenvalue weighted by Crippen LogP contribution is 2.22. The second kappa shape index (κ2) is 56.9. The Labute approximate surface area is 742 Å². The molecule has 15 amide bonds. The maximum Gasteiger partial charge on any atom is 0.326 e. The first-order valence-corrected chi connectivity index (χ1v) is 42.4. The number of halogens is 1. The zero-order valence-corrected chi connectivity index (χ0v) is 71.7. The van der Waals surface area contributed by atoms with Crippen LogP contribution >= 0.6 is 11.6 Å². The number of carbonyl (C=O) groups is 18. The first kappa shape index (κ1) is 106. The molecule has 0 saturated carbocycles. The number of likely N-dealkylation sites (tertiary alicyclic amines) is 1. The van der Waals surface area contributed by atoms with Crippen LogP contribution in [0.5, 0.6) is 11.5 Å². The number of carboxylic acids is 3. The standard InChI is InChI=1S/C85H117ClN16O26/c1-50(103)74(83(123)99-63(46-54-23-27-56(105)28-24-54)79(119)94-57(19-10-12-36-87)76(116)97-62(44-52-17-8-5-9-18-52)81(121)98-61(43-51-15-6-4-7-16-51)80(120)96-59(85(125)126)30-34-73(113)114)101-82(122)66-20-14-38-102(66)84(124)65(48-68(89)107)100-77(117)58(29-33-72(111)112)95-78(118)60(45-53-21-25-55(104)26-22-53)93-71(110)49-91-75(115)64(47-67(88)106)92-70(109)32-31-69(108)90-37-40-128-42-41-127-39-13-3-2-11-35-86/h4-9,15-18,21-28,50,57-66,74,103-105H,2-3,10-14,19-20,29-49,87H2,1H3,(H2,88,106)(H2,89,107)(H,90,108)(H,91,115)(H,92,109)(H,93,110)(H,94,119)(H,95,118)(H,96,120)(H,97,116)(H,98,121)(H,99,123)(H,100,117)(H,101,122)(H,111,112)(H,113,114)(H,125,126)/t50-,57+,58+,59+,60+,61+,62+,63+,64+,65+,66+,74+/m1/s1. The highest BCUT2D eigenvalue weighted by atomic mass is 35.5. The van der Waals surface area contributed by atoms with E-state index in [2.05, 4.69) is 63.8 Å². The van der Waals surface area contributed by atoms with E-state index in [4.69, 9.17) is 38.3 Å². The van der Waals surface area contributed by atoms with E-state index in [1.165, 1.54) is 48.5 Å². The molecular formula is C85H117ClN16O26. The van der Waals surface area contributed by atoms with E-state index in [-0.39, 0.29) is 94.9 Å². The van der Waals surface area contributed by atoms with Crippen LogP contribution in [0.2, 0.25) is 0 Å². The van der Waals surface area contributed by atoms with Crippen molar-refractivity contribution in [3.8, 4) is 11.5 Å². The molecule has 1 fully saturated rings.